The molecule has 1 aliphatic carbocycles. The van der Waals surface area contributed by atoms with Gasteiger partial charge in [0.2, 0.25) is 0 Å². The maximum absolute atomic E-state index is 5.96. The fraction of sp³-hybridized carbons (Fsp3) is 1.00. The first-order valence-corrected chi connectivity index (χ1v) is 5.82. The molecule has 1 saturated carbocycles. The van der Waals surface area contributed by atoms with Crippen LogP contribution >= 0.6 is 0 Å². The molecular formula is C11H22N2. The van der Waals surface area contributed by atoms with Crippen molar-refractivity contribution in [2.45, 2.75) is 50.5 Å². The van der Waals surface area contributed by atoms with Crippen LogP contribution in [0.4, 0.5) is 0 Å². The SMILES string of the molecule is NCC1(C2CCCC2)CCCCN1. The van der Waals surface area contributed by atoms with Crippen LogP contribution in [0.1, 0.15) is 44.9 Å². The summed E-state index contributed by atoms with van der Waals surface area (Å²) in [6.07, 6.45) is 9.69. The second-order valence-corrected chi connectivity index (χ2v) is 4.73. The van der Waals surface area contributed by atoms with Crippen LogP contribution in [0.5, 0.6) is 0 Å². The first-order chi connectivity index (χ1) is 6.37. The van der Waals surface area contributed by atoms with Gasteiger partial charge in [0.15, 0.2) is 0 Å². The van der Waals surface area contributed by atoms with Crippen molar-refractivity contribution >= 4 is 0 Å². The number of rotatable bonds is 2. The van der Waals surface area contributed by atoms with E-state index in [2.05, 4.69) is 5.32 Å². The molecule has 1 atom stereocenters. The molecule has 13 heavy (non-hydrogen) atoms. The lowest BCUT2D eigenvalue weighted by atomic mass is 9.76. The smallest absolute Gasteiger partial charge is 0.0332 e. The molecule has 0 radical (unpaired) electrons. The highest BCUT2D eigenvalue weighted by Gasteiger charge is 2.39. The Kier molecular flexibility index (Phi) is 2.89. The summed E-state index contributed by atoms with van der Waals surface area (Å²) in [4.78, 5) is 0. The normalized spacial score (nSPS) is 36.7. The molecule has 2 fully saturated rings. The minimum Gasteiger partial charge on any atom is -0.329 e. The van der Waals surface area contributed by atoms with Crippen molar-refractivity contribution in [1.29, 1.82) is 0 Å². The monoisotopic (exact) mass is 182 g/mol. The number of nitrogens with two attached hydrogens (primary N) is 1. The molecule has 1 saturated heterocycles. The van der Waals surface area contributed by atoms with Gasteiger partial charge in [-0.3, -0.25) is 0 Å². The molecule has 3 N–H and O–H groups in total. The van der Waals surface area contributed by atoms with Crippen molar-refractivity contribution in [3.05, 3.63) is 0 Å². The molecule has 1 unspecified atom stereocenters. The molecule has 0 aromatic rings. The number of hydrogen-bond acceptors (Lipinski definition) is 2. The molecule has 2 nitrogen and oxygen atoms in total. The second-order valence-electron chi connectivity index (χ2n) is 4.73. The topological polar surface area (TPSA) is 38.0 Å². The summed E-state index contributed by atoms with van der Waals surface area (Å²) in [6, 6.07) is 0. The van der Waals surface area contributed by atoms with E-state index in [1.165, 1.54) is 51.5 Å². The summed E-state index contributed by atoms with van der Waals surface area (Å²) in [6.45, 7) is 2.03. The lowest BCUT2D eigenvalue weighted by Crippen LogP contribution is -2.58. The number of hydrogen-bond donors (Lipinski definition) is 2. The van der Waals surface area contributed by atoms with Crippen LogP contribution in [0, 0.1) is 5.92 Å². The van der Waals surface area contributed by atoms with Crippen LogP contribution in [0.25, 0.3) is 0 Å². The molecule has 76 valence electrons. The molecule has 0 spiro atoms. The van der Waals surface area contributed by atoms with Gasteiger partial charge in [-0.25, -0.2) is 0 Å². The third-order valence-electron chi connectivity index (χ3n) is 4.03. The second kappa shape index (κ2) is 3.97. The van der Waals surface area contributed by atoms with Gasteiger partial charge in [0, 0.05) is 12.1 Å². The van der Waals surface area contributed by atoms with Gasteiger partial charge in [0.05, 0.1) is 0 Å². The Morgan fingerprint density at radius 1 is 1.15 bits per heavy atom. The molecule has 0 bridgehead atoms. The quantitative estimate of drug-likeness (QED) is 0.681. The van der Waals surface area contributed by atoms with Gasteiger partial charge in [-0.05, 0) is 38.1 Å². The standard InChI is InChI=1S/C11H22N2/c12-9-11(7-3-4-8-13-11)10-5-1-2-6-10/h10,13H,1-9,12H2. The lowest BCUT2D eigenvalue weighted by molar-refractivity contribution is 0.171. The van der Waals surface area contributed by atoms with Crippen molar-refractivity contribution in [3.63, 3.8) is 0 Å². The van der Waals surface area contributed by atoms with Crippen molar-refractivity contribution in [2.24, 2.45) is 11.7 Å². The van der Waals surface area contributed by atoms with E-state index in [-0.39, 0.29) is 0 Å². The van der Waals surface area contributed by atoms with E-state index >= 15 is 0 Å². The van der Waals surface area contributed by atoms with Crippen LogP contribution in [-0.2, 0) is 0 Å². The first kappa shape index (κ1) is 9.47. The third kappa shape index (κ3) is 1.75. The van der Waals surface area contributed by atoms with Crippen molar-refractivity contribution in [3.8, 4) is 0 Å². The van der Waals surface area contributed by atoms with E-state index in [9.17, 15) is 0 Å². The van der Waals surface area contributed by atoms with Crippen LogP contribution in [-0.4, -0.2) is 18.6 Å². The van der Waals surface area contributed by atoms with Gasteiger partial charge in [0.1, 0.15) is 0 Å². The summed E-state index contributed by atoms with van der Waals surface area (Å²) in [5.41, 5.74) is 6.28. The molecular weight excluding hydrogens is 160 g/mol. The molecule has 2 aliphatic rings. The predicted octanol–water partition coefficient (Wildman–Crippen LogP) is 1.65. The predicted molar refractivity (Wildman–Crippen MR) is 55.6 cm³/mol. The van der Waals surface area contributed by atoms with Gasteiger partial charge in [0.25, 0.3) is 0 Å². The number of piperidine rings is 1. The van der Waals surface area contributed by atoms with E-state index < -0.39 is 0 Å². The fourth-order valence-electron chi connectivity index (χ4n) is 3.16. The summed E-state index contributed by atoms with van der Waals surface area (Å²) < 4.78 is 0. The summed E-state index contributed by atoms with van der Waals surface area (Å²) >= 11 is 0. The van der Waals surface area contributed by atoms with E-state index in [0.29, 0.717) is 5.54 Å². The Morgan fingerprint density at radius 2 is 1.92 bits per heavy atom. The Labute approximate surface area is 81.3 Å². The zero-order valence-electron chi connectivity index (χ0n) is 8.52. The molecule has 2 heteroatoms. The largest absolute Gasteiger partial charge is 0.329 e. The Bertz CT molecular complexity index is 155. The van der Waals surface area contributed by atoms with E-state index in [0.717, 1.165) is 12.5 Å². The van der Waals surface area contributed by atoms with Gasteiger partial charge >= 0.3 is 0 Å². The van der Waals surface area contributed by atoms with E-state index in [1.807, 2.05) is 0 Å². The highest BCUT2D eigenvalue weighted by Crippen LogP contribution is 2.37. The highest BCUT2D eigenvalue weighted by atomic mass is 15.0. The Balaban J connectivity index is 2.03. The average molecular weight is 182 g/mol. The lowest BCUT2D eigenvalue weighted by Gasteiger charge is -2.42. The Morgan fingerprint density at radius 3 is 2.46 bits per heavy atom. The van der Waals surface area contributed by atoms with Crippen LogP contribution in [0.2, 0.25) is 0 Å². The minimum absolute atomic E-state index is 0.328. The van der Waals surface area contributed by atoms with Gasteiger partial charge < -0.3 is 11.1 Å². The summed E-state index contributed by atoms with van der Waals surface area (Å²) in [5, 5.41) is 3.70. The molecule has 1 heterocycles. The summed E-state index contributed by atoms with van der Waals surface area (Å²) in [7, 11) is 0. The van der Waals surface area contributed by atoms with Crippen molar-refractivity contribution in [2.75, 3.05) is 13.1 Å². The zero-order chi connectivity index (χ0) is 9.15. The molecule has 1 aliphatic heterocycles. The van der Waals surface area contributed by atoms with Gasteiger partial charge in [-0.2, -0.15) is 0 Å². The molecule has 0 aromatic carbocycles. The maximum atomic E-state index is 5.96. The van der Waals surface area contributed by atoms with Crippen molar-refractivity contribution < 1.29 is 0 Å². The average Bonchev–Trinajstić information content (AvgIpc) is 2.72. The maximum Gasteiger partial charge on any atom is 0.0332 e. The van der Waals surface area contributed by atoms with E-state index in [4.69, 9.17) is 5.73 Å². The fourth-order valence-corrected chi connectivity index (χ4v) is 3.16. The minimum atomic E-state index is 0.328. The first-order valence-electron chi connectivity index (χ1n) is 5.82. The number of nitrogens with one attached hydrogen (secondary N) is 1. The molecule has 0 amide bonds. The Hall–Kier alpha value is -0.0800. The van der Waals surface area contributed by atoms with Crippen LogP contribution in [0.15, 0.2) is 0 Å². The summed E-state index contributed by atoms with van der Waals surface area (Å²) in [5.74, 6) is 0.873. The zero-order valence-corrected chi connectivity index (χ0v) is 8.52. The molecule has 2 rings (SSSR count). The van der Waals surface area contributed by atoms with E-state index in [1.54, 1.807) is 0 Å². The van der Waals surface area contributed by atoms with Gasteiger partial charge in [-0.15, -0.1) is 0 Å². The van der Waals surface area contributed by atoms with Crippen LogP contribution < -0.4 is 11.1 Å². The molecule has 0 aromatic heterocycles. The van der Waals surface area contributed by atoms with Crippen LogP contribution in [0.3, 0.4) is 0 Å². The van der Waals surface area contributed by atoms with Crippen molar-refractivity contribution in [1.82, 2.24) is 5.32 Å². The highest BCUT2D eigenvalue weighted by molar-refractivity contribution is 4.98. The van der Waals surface area contributed by atoms with Gasteiger partial charge in [-0.1, -0.05) is 19.3 Å². The third-order valence-corrected chi connectivity index (χ3v) is 4.03.